The van der Waals surface area contributed by atoms with Crippen LogP contribution in [-0.4, -0.2) is 37.1 Å². The predicted molar refractivity (Wildman–Crippen MR) is 67.7 cm³/mol. The van der Waals surface area contributed by atoms with Gasteiger partial charge in [-0.1, -0.05) is 13.8 Å². The van der Waals surface area contributed by atoms with Crippen LogP contribution in [0.1, 0.15) is 26.5 Å². The van der Waals surface area contributed by atoms with Crippen LogP contribution in [-0.2, 0) is 6.42 Å². The molecule has 92 valence electrons. The zero-order valence-electron chi connectivity index (χ0n) is 10.7. The van der Waals surface area contributed by atoms with Gasteiger partial charge in [-0.2, -0.15) is 0 Å². The van der Waals surface area contributed by atoms with Crippen molar-refractivity contribution < 1.29 is 4.42 Å². The Morgan fingerprint density at radius 2 is 2.12 bits per heavy atom. The van der Waals surface area contributed by atoms with Crippen LogP contribution in [0.5, 0.6) is 0 Å². The zero-order valence-corrected chi connectivity index (χ0v) is 10.7. The van der Waals surface area contributed by atoms with Crippen molar-refractivity contribution in [2.75, 3.05) is 26.2 Å². The van der Waals surface area contributed by atoms with E-state index >= 15 is 0 Å². The molecule has 0 aliphatic rings. The van der Waals surface area contributed by atoms with Crippen molar-refractivity contribution >= 4 is 0 Å². The van der Waals surface area contributed by atoms with E-state index in [-0.39, 0.29) is 0 Å². The minimum atomic E-state index is 0.474. The minimum Gasteiger partial charge on any atom is -0.469 e. The summed E-state index contributed by atoms with van der Waals surface area (Å²) >= 11 is 0. The molecule has 0 radical (unpaired) electrons. The first-order valence-electron chi connectivity index (χ1n) is 6.24. The Balaban J connectivity index is 2.13. The summed E-state index contributed by atoms with van der Waals surface area (Å²) in [6.45, 7) is 11.0. The summed E-state index contributed by atoms with van der Waals surface area (Å²) in [5.74, 6) is 1.06. The molecule has 0 amide bonds. The van der Waals surface area contributed by atoms with Crippen LogP contribution in [0.15, 0.2) is 22.8 Å². The smallest absolute Gasteiger partial charge is 0.105 e. The van der Waals surface area contributed by atoms with Crippen molar-refractivity contribution in [2.45, 2.75) is 33.2 Å². The molecule has 0 spiro atoms. The molecule has 0 aromatic carbocycles. The lowest BCUT2D eigenvalue weighted by Crippen LogP contribution is -2.36. The maximum absolute atomic E-state index is 5.32. The maximum Gasteiger partial charge on any atom is 0.105 e. The van der Waals surface area contributed by atoms with Crippen molar-refractivity contribution in [3.63, 3.8) is 0 Å². The highest BCUT2D eigenvalue weighted by molar-refractivity contribution is 4.99. The van der Waals surface area contributed by atoms with Crippen LogP contribution in [0.3, 0.4) is 0 Å². The van der Waals surface area contributed by atoms with Crippen LogP contribution >= 0.6 is 0 Å². The molecule has 3 heteroatoms. The van der Waals surface area contributed by atoms with Crippen molar-refractivity contribution in [1.82, 2.24) is 10.2 Å². The molecule has 1 aromatic heterocycles. The van der Waals surface area contributed by atoms with Crippen LogP contribution in [0.2, 0.25) is 0 Å². The maximum atomic E-state index is 5.32. The predicted octanol–water partition coefficient (Wildman–Crippen LogP) is 2.14. The Bertz CT molecular complexity index is 255. The number of hydrogen-bond acceptors (Lipinski definition) is 3. The SMILES string of the molecule is CCN(CC)CCNC(C)Cc1ccco1. The van der Waals surface area contributed by atoms with Crippen LogP contribution in [0.25, 0.3) is 0 Å². The summed E-state index contributed by atoms with van der Waals surface area (Å²) in [6, 6.07) is 4.45. The molecule has 0 aliphatic carbocycles. The summed E-state index contributed by atoms with van der Waals surface area (Å²) in [5.41, 5.74) is 0. The number of nitrogens with one attached hydrogen (secondary N) is 1. The van der Waals surface area contributed by atoms with E-state index in [9.17, 15) is 0 Å². The second kappa shape index (κ2) is 7.47. The molecule has 0 bridgehead atoms. The van der Waals surface area contributed by atoms with Gasteiger partial charge >= 0.3 is 0 Å². The van der Waals surface area contributed by atoms with Crippen LogP contribution < -0.4 is 5.32 Å². The lowest BCUT2D eigenvalue weighted by molar-refractivity contribution is 0.296. The first kappa shape index (κ1) is 13.3. The van der Waals surface area contributed by atoms with E-state index in [1.807, 2.05) is 12.1 Å². The van der Waals surface area contributed by atoms with Gasteiger partial charge in [0.25, 0.3) is 0 Å². The Morgan fingerprint density at radius 3 is 2.69 bits per heavy atom. The fourth-order valence-corrected chi connectivity index (χ4v) is 1.81. The quantitative estimate of drug-likeness (QED) is 0.733. The van der Waals surface area contributed by atoms with E-state index in [0.717, 1.165) is 38.4 Å². The first-order valence-corrected chi connectivity index (χ1v) is 6.24. The first-order chi connectivity index (χ1) is 7.76. The Labute approximate surface area is 98.8 Å². The normalized spacial score (nSPS) is 13.2. The molecule has 3 nitrogen and oxygen atoms in total. The van der Waals surface area contributed by atoms with Crippen LogP contribution in [0.4, 0.5) is 0 Å². The largest absolute Gasteiger partial charge is 0.469 e. The molecular formula is C13H24N2O. The fourth-order valence-electron chi connectivity index (χ4n) is 1.81. The van der Waals surface area contributed by atoms with Crippen LogP contribution in [0, 0.1) is 0 Å². The molecule has 1 N–H and O–H groups in total. The fraction of sp³-hybridized carbons (Fsp3) is 0.692. The molecule has 0 saturated carbocycles. The third-order valence-corrected chi connectivity index (χ3v) is 2.90. The van der Waals surface area contributed by atoms with Gasteiger partial charge < -0.3 is 14.6 Å². The van der Waals surface area contributed by atoms with E-state index in [1.54, 1.807) is 6.26 Å². The van der Waals surface area contributed by atoms with Gasteiger partial charge in [0.15, 0.2) is 0 Å². The third kappa shape index (κ3) is 4.81. The molecular weight excluding hydrogens is 200 g/mol. The van der Waals surface area contributed by atoms with Gasteiger partial charge in [-0.3, -0.25) is 0 Å². The number of hydrogen-bond donors (Lipinski definition) is 1. The zero-order chi connectivity index (χ0) is 11.8. The highest BCUT2D eigenvalue weighted by atomic mass is 16.3. The molecule has 1 unspecified atom stereocenters. The molecule has 0 saturated heterocycles. The molecule has 0 fully saturated rings. The molecule has 1 rings (SSSR count). The Kier molecular flexibility index (Phi) is 6.19. The molecule has 0 aliphatic heterocycles. The van der Waals surface area contributed by atoms with Gasteiger partial charge in [0, 0.05) is 25.6 Å². The summed E-state index contributed by atoms with van der Waals surface area (Å²) in [7, 11) is 0. The number of rotatable bonds is 8. The number of furan rings is 1. The highest BCUT2D eigenvalue weighted by Gasteiger charge is 2.05. The van der Waals surface area contributed by atoms with E-state index in [2.05, 4.69) is 31.0 Å². The summed E-state index contributed by atoms with van der Waals surface area (Å²) < 4.78 is 5.32. The third-order valence-electron chi connectivity index (χ3n) is 2.90. The van der Waals surface area contributed by atoms with E-state index < -0.39 is 0 Å². The van der Waals surface area contributed by atoms with Gasteiger partial charge in [0.05, 0.1) is 6.26 Å². The monoisotopic (exact) mass is 224 g/mol. The summed E-state index contributed by atoms with van der Waals surface area (Å²) in [5, 5.41) is 3.52. The average molecular weight is 224 g/mol. The molecule has 1 atom stereocenters. The van der Waals surface area contributed by atoms with Gasteiger partial charge in [0.1, 0.15) is 5.76 Å². The van der Waals surface area contributed by atoms with Crippen molar-refractivity contribution in [2.24, 2.45) is 0 Å². The van der Waals surface area contributed by atoms with Gasteiger partial charge in [0.2, 0.25) is 0 Å². The lowest BCUT2D eigenvalue weighted by Gasteiger charge is -2.20. The highest BCUT2D eigenvalue weighted by Crippen LogP contribution is 2.03. The average Bonchev–Trinajstić information content (AvgIpc) is 2.77. The second-order valence-electron chi connectivity index (χ2n) is 4.17. The topological polar surface area (TPSA) is 28.4 Å². The van der Waals surface area contributed by atoms with Gasteiger partial charge in [-0.05, 0) is 32.1 Å². The van der Waals surface area contributed by atoms with Gasteiger partial charge in [-0.15, -0.1) is 0 Å². The number of likely N-dealkylation sites (N-methyl/N-ethyl adjacent to an activating group) is 1. The molecule has 1 aromatic rings. The summed E-state index contributed by atoms with van der Waals surface area (Å²) in [6.07, 6.45) is 2.70. The number of nitrogens with zero attached hydrogens (tertiary/aromatic N) is 1. The standard InChI is InChI=1S/C13H24N2O/c1-4-15(5-2)9-8-14-12(3)11-13-7-6-10-16-13/h6-7,10,12,14H,4-5,8-9,11H2,1-3H3. The van der Waals surface area contributed by atoms with E-state index in [4.69, 9.17) is 4.42 Å². The molecule has 1 heterocycles. The van der Waals surface area contributed by atoms with E-state index in [0.29, 0.717) is 6.04 Å². The van der Waals surface area contributed by atoms with E-state index in [1.165, 1.54) is 0 Å². The lowest BCUT2D eigenvalue weighted by atomic mass is 10.2. The Morgan fingerprint density at radius 1 is 1.38 bits per heavy atom. The van der Waals surface area contributed by atoms with Crippen molar-refractivity contribution in [3.05, 3.63) is 24.2 Å². The Hall–Kier alpha value is -0.800. The molecule has 16 heavy (non-hydrogen) atoms. The minimum absolute atomic E-state index is 0.474. The van der Waals surface area contributed by atoms with Gasteiger partial charge in [-0.25, -0.2) is 0 Å². The summed E-state index contributed by atoms with van der Waals surface area (Å²) in [4.78, 5) is 2.42. The van der Waals surface area contributed by atoms with Crippen molar-refractivity contribution in [3.8, 4) is 0 Å². The second-order valence-corrected chi connectivity index (χ2v) is 4.17. The van der Waals surface area contributed by atoms with Crippen molar-refractivity contribution in [1.29, 1.82) is 0 Å².